The highest BCUT2D eigenvalue weighted by molar-refractivity contribution is 5.93. The molecular formula is C13H14N2O2. The third-order valence-electron chi connectivity index (χ3n) is 2.57. The second-order valence-electron chi connectivity index (χ2n) is 3.97. The van der Waals surface area contributed by atoms with E-state index in [1.807, 2.05) is 32.0 Å². The van der Waals surface area contributed by atoms with Crippen molar-refractivity contribution in [3.8, 4) is 0 Å². The van der Waals surface area contributed by atoms with E-state index in [-0.39, 0.29) is 12.3 Å². The van der Waals surface area contributed by atoms with Crippen LogP contribution in [-0.2, 0) is 11.2 Å². The van der Waals surface area contributed by atoms with Gasteiger partial charge in [0.15, 0.2) is 6.39 Å². The van der Waals surface area contributed by atoms with E-state index in [9.17, 15) is 4.79 Å². The van der Waals surface area contributed by atoms with Gasteiger partial charge in [-0.1, -0.05) is 18.2 Å². The summed E-state index contributed by atoms with van der Waals surface area (Å²) in [5, 5.41) is 2.90. The molecule has 88 valence electrons. The molecule has 1 amide bonds. The van der Waals surface area contributed by atoms with Crippen LogP contribution in [0.3, 0.4) is 0 Å². The van der Waals surface area contributed by atoms with Crippen LogP contribution in [0.5, 0.6) is 0 Å². The molecule has 1 aromatic heterocycles. The lowest BCUT2D eigenvalue weighted by atomic mass is 10.1. The maximum absolute atomic E-state index is 11.8. The number of aromatic nitrogens is 1. The Morgan fingerprint density at radius 1 is 1.35 bits per heavy atom. The minimum absolute atomic E-state index is 0.0868. The van der Waals surface area contributed by atoms with Crippen molar-refractivity contribution in [2.75, 3.05) is 5.32 Å². The second kappa shape index (κ2) is 4.82. The van der Waals surface area contributed by atoms with Gasteiger partial charge in [0, 0.05) is 5.69 Å². The first kappa shape index (κ1) is 11.4. The molecule has 0 unspecified atom stereocenters. The number of carbonyl (C=O) groups excluding carboxylic acids is 1. The summed E-state index contributed by atoms with van der Waals surface area (Å²) in [7, 11) is 0. The Kier molecular flexibility index (Phi) is 3.23. The van der Waals surface area contributed by atoms with Gasteiger partial charge in [-0.3, -0.25) is 4.79 Å². The average molecular weight is 230 g/mol. The van der Waals surface area contributed by atoms with E-state index < -0.39 is 0 Å². The molecule has 4 heteroatoms. The van der Waals surface area contributed by atoms with Crippen molar-refractivity contribution in [2.24, 2.45) is 0 Å². The molecule has 0 saturated carbocycles. The third-order valence-corrected chi connectivity index (χ3v) is 2.57. The van der Waals surface area contributed by atoms with E-state index in [4.69, 9.17) is 4.42 Å². The topological polar surface area (TPSA) is 55.1 Å². The molecule has 0 spiro atoms. The number of para-hydroxylation sites is 1. The predicted octanol–water partition coefficient (Wildman–Crippen LogP) is 2.47. The van der Waals surface area contributed by atoms with Crippen LogP contribution in [0.1, 0.15) is 16.8 Å². The van der Waals surface area contributed by atoms with E-state index >= 15 is 0 Å². The largest absolute Gasteiger partial charge is 0.451 e. The van der Waals surface area contributed by atoms with Crippen LogP contribution in [0.25, 0.3) is 0 Å². The number of oxazole rings is 1. The molecule has 1 N–H and O–H groups in total. The molecule has 0 saturated heterocycles. The summed E-state index contributed by atoms with van der Waals surface area (Å²) >= 11 is 0. The predicted molar refractivity (Wildman–Crippen MR) is 64.8 cm³/mol. The maximum atomic E-state index is 11.8. The summed E-state index contributed by atoms with van der Waals surface area (Å²) in [5.41, 5.74) is 3.62. The fourth-order valence-corrected chi connectivity index (χ4v) is 1.68. The fourth-order valence-electron chi connectivity index (χ4n) is 1.68. The summed E-state index contributed by atoms with van der Waals surface area (Å²) < 4.78 is 4.82. The molecule has 4 nitrogen and oxygen atoms in total. The Balaban J connectivity index is 2.08. The molecule has 0 aliphatic carbocycles. The van der Waals surface area contributed by atoms with E-state index in [2.05, 4.69) is 10.3 Å². The number of hydrogen-bond donors (Lipinski definition) is 1. The number of anilines is 1. The molecule has 17 heavy (non-hydrogen) atoms. The second-order valence-corrected chi connectivity index (χ2v) is 3.97. The van der Waals surface area contributed by atoms with Gasteiger partial charge >= 0.3 is 0 Å². The SMILES string of the molecule is Cc1cccc(C)c1NC(=O)Cc1cocn1. The Bertz CT molecular complexity index is 498. The van der Waals surface area contributed by atoms with Crippen LogP contribution in [-0.4, -0.2) is 10.9 Å². The average Bonchev–Trinajstić information content (AvgIpc) is 2.76. The van der Waals surface area contributed by atoms with Crippen molar-refractivity contribution < 1.29 is 9.21 Å². The minimum atomic E-state index is -0.0868. The van der Waals surface area contributed by atoms with E-state index in [1.165, 1.54) is 12.7 Å². The van der Waals surface area contributed by atoms with Gasteiger partial charge in [-0.25, -0.2) is 4.98 Å². The maximum Gasteiger partial charge on any atom is 0.230 e. The smallest absolute Gasteiger partial charge is 0.230 e. The quantitative estimate of drug-likeness (QED) is 0.881. The van der Waals surface area contributed by atoms with Gasteiger partial charge in [0.1, 0.15) is 6.26 Å². The number of aryl methyl sites for hydroxylation is 2. The van der Waals surface area contributed by atoms with Gasteiger partial charge in [-0.05, 0) is 25.0 Å². The van der Waals surface area contributed by atoms with Gasteiger partial charge in [-0.15, -0.1) is 0 Å². The van der Waals surface area contributed by atoms with Crippen molar-refractivity contribution in [1.82, 2.24) is 4.98 Å². The van der Waals surface area contributed by atoms with Crippen LogP contribution in [0.15, 0.2) is 35.3 Å². The Labute approximate surface area is 99.7 Å². The number of hydrogen-bond acceptors (Lipinski definition) is 3. The van der Waals surface area contributed by atoms with Crippen LogP contribution in [0.2, 0.25) is 0 Å². The Hall–Kier alpha value is -2.10. The summed E-state index contributed by atoms with van der Waals surface area (Å²) in [6.45, 7) is 3.94. The van der Waals surface area contributed by atoms with Gasteiger partial charge < -0.3 is 9.73 Å². The summed E-state index contributed by atoms with van der Waals surface area (Å²) in [6, 6.07) is 5.91. The van der Waals surface area contributed by atoms with E-state index in [1.54, 1.807) is 0 Å². The van der Waals surface area contributed by atoms with Crippen LogP contribution >= 0.6 is 0 Å². The first-order chi connectivity index (χ1) is 8.16. The molecule has 2 aromatic rings. The first-order valence-electron chi connectivity index (χ1n) is 5.40. The molecule has 0 aliphatic heterocycles. The van der Waals surface area contributed by atoms with Crippen molar-refractivity contribution in [1.29, 1.82) is 0 Å². The van der Waals surface area contributed by atoms with Gasteiger partial charge in [0.25, 0.3) is 0 Å². The van der Waals surface area contributed by atoms with E-state index in [0.29, 0.717) is 5.69 Å². The summed E-state index contributed by atoms with van der Waals surface area (Å²) in [6.07, 6.45) is 3.02. The van der Waals surface area contributed by atoms with Crippen molar-refractivity contribution in [2.45, 2.75) is 20.3 Å². The van der Waals surface area contributed by atoms with Crippen molar-refractivity contribution in [3.05, 3.63) is 47.7 Å². The monoisotopic (exact) mass is 230 g/mol. The van der Waals surface area contributed by atoms with Gasteiger partial charge in [0.05, 0.1) is 12.1 Å². The lowest BCUT2D eigenvalue weighted by molar-refractivity contribution is -0.115. The molecule has 0 aliphatic rings. The van der Waals surface area contributed by atoms with Crippen molar-refractivity contribution >= 4 is 11.6 Å². The van der Waals surface area contributed by atoms with Crippen LogP contribution in [0, 0.1) is 13.8 Å². The zero-order chi connectivity index (χ0) is 12.3. The number of amides is 1. The zero-order valence-electron chi connectivity index (χ0n) is 9.86. The molecule has 0 atom stereocenters. The zero-order valence-corrected chi connectivity index (χ0v) is 9.86. The van der Waals surface area contributed by atoms with Gasteiger partial charge in [0.2, 0.25) is 5.91 Å². The number of nitrogens with zero attached hydrogens (tertiary/aromatic N) is 1. The van der Waals surface area contributed by atoms with Crippen LogP contribution in [0.4, 0.5) is 5.69 Å². The molecular weight excluding hydrogens is 216 g/mol. The number of benzene rings is 1. The lowest BCUT2D eigenvalue weighted by Gasteiger charge is -2.10. The number of rotatable bonds is 3. The number of nitrogens with one attached hydrogen (secondary N) is 1. The molecule has 1 heterocycles. The van der Waals surface area contributed by atoms with Crippen LogP contribution < -0.4 is 5.32 Å². The summed E-state index contributed by atoms with van der Waals surface area (Å²) in [5.74, 6) is -0.0868. The summed E-state index contributed by atoms with van der Waals surface area (Å²) in [4.78, 5) is 15.7. The molecule has 2 rings (SSSR count). The molecule has 0 fully saturated rings. The van der Waals surface area contributed by atoms with E-state index in [0.717, 1.165) is 16.8 Å². The molecule has 1 aromatic carbocycles. The lowest BCUT2D eigenvalue weighted by Crippen LogP contribution is -2.16. The number of carbonyl (C=O) groups is 1. The van der Waals surface area contributed by atoms with Gasteiger partial charge in [-0.2, -0.15) is 0 Å². The third kappa shape index (κ3) is 2.72. The highest BCUT2D eigenvalue weighted by Crippen LogP contribution is 2.19. The normalized spacial score (nSPS) is 10.2. The molecule has 0 bridgehead atoms. The highest BCUT2D eigenvalue weighted by atomic mass is 16.3. The Morgan fingerprint density at radius 2 is 2.06 bits per heavy atom. The van der Waals surface area contributed by atoms with Crippen molar-refractivity contribution in [3.63, 3.8) is 0 Å². The standard InChI is InChI=1S/C13H14N2O2/c1-9-4-3-5-10(2)13(9)15-12(16)6-11-7-17-8-14-11/h3-5,7-8H,6H2,1-2H3,(H,15,16). The fraction of sp³-hybridized carbons (Fsp3) is 0.231. The Morgan fingerprint density at radius 3 is 2.65 bits per heavy atom. The minimum Gasteiger partial charge on any atom is -0.451 e. The first-order valence-corrected chi connectivity index (χ1v) is 5.40. The molecule has 0 radical (unpaired) electrons. The highest BCUT2D eigenvalue weighted by Gasteiger charge is 2.09.